The van der Waals surface area contributed by atoms with Gasteiger partial charge in [0.2, 0.25) is 5.91 Å². The fourth-order valence-electron chi connectivity index (χ4n) is 1.52. The lowest BCUT2D eigenvalue weighted by atomic mass is 10.2. The molecular formula is C14H12BrN3O2. The Morgan fingerprint density at radius 2 is 1.90 bits per heavy atom. The summed E-state index contributed by atoms with van der Waals surface area (Å²) in [7, 11) is 0. The number of hydrogen-bond donors (Lipinski definition) is 2. The number of pyridine rings is 1. The summed E-state index contributed by atoms with van der Waals surface area (Å²) in [5.74, 6) is -0.587. The van der Waals surface area contributed by atoms with Gasteiger partial charge in [0.25, 0.3) is 5.91 Å². The molecule has 2 rings (SSSR count). The Morgan fingerprint density at radius 1 is 1.15 bits per heavy atom. The molecule has 6 heteroatoms. The topological polar surface area (TPSA) is 71.1 Å². The maximum Gasteiger partial charge on any atom is 0.251 e. The molecule has 0 aliphatic heterocycles. The molecule has 1 aromatic carbocycles. The third kappa shape index (κ3) is 3.89. The van der Waals surface area contributed by atoms with E-state index in [1.54, 1.807) is 42.7 Å². The van der Waals surface area contributed by atoms with E-state index in [2.05, 4.69) is 31.5 Å². The van der Waals surface area contributed by atoms with Gasteiger partial charge in [-0.05, 0) is 34.1 Å². The van der Waals surface area contributed by atoms with Crippen LogP contribution in [-0.2, 0) is 4.79 Å². The molecule has 0 bridgehead atoms. The van der Waals surface area contributed by atoms with Crippen molar-refractivity contribution < 1.29 is 9.59 Å². The molecule has 0 saturated carbocycles. The quantitative estimate of drug-likeness (QED) is 0.901. The SMILES string of the molecule is O=C(CNC(=O)c1ccccc1)Nc1ccncc1Br. The van der Waals surface area contributed by atoms with Crippen molar-refractivity contribution >= 4 is 33.4 Å². The Labute approximate surface area is 124 Å². The minimum absolute atomic E-state index is 0.0948. The molecule has 1 heterocycles. The lowest BCUT2D eigenvalue weighted by molar-refractivity contribution is -0.115. The van der Waals surface area contributed by atoms with E-state index in [1.165, 1.54) is 0 Å². The van der Waals surface area contributed by atoms with Gasteiger partial charge in [0.15, 0.2) is 0 Å². The second-order valence-electron chi connectivity index (χ2n) is 3.95. The van der Waals surface area contributed by atoms with E-state index in [0.29, 0.717) is 15.7 Å². The Kier molecular flexibility index (Phi) is 4.84. The van der Waals surface area contributed by atoms with Crippen LogP contribution in [-0.4, -0.2) is 23.3 Å². The molecule has 0 atom stereocenters. The number of nitrogens with zero attached hydrogens (tertiary/aromatic N) is 1. The summed E-state index contributed by atoms with van der Waals surface area (Å²) >= 11 is 3.28. The van der Waals surface area contributed by atoms with E-state index in [9.17, 15) is 9.59 Å². The van der Waals surface area contributed by atoms with Crippen molar-refractivity contribution in [1.82, 2.24) is 10.3 Å². The Hall–Kier alpha value is -2.21. The number of carbonyl (C=O) groups is 2. The van der Waals surface area contributed by atoms with Crippen LogP contribution in [0.5, 0.6) is 0 Å². The van der Waals surface area contributed by atoms with E-state index >= 15 is 0 Å². The van der Waals surface area contributed by atoms with Crippen LogP contribution in [0.3, 0.4) is 0 Å². The van der Waals surface area contributed by atoms with Gasteiger partial charge in [-0.15, -0.1) is 0 Å². The van der Waals surface area contributed by atoms with E-state index < -0.39 is 0 Å². The molecule has 0 saturated heterocycles. The van der Waals surface area contributed by atoms with Crippen LogP contribution in [0.4, 0.5) is 5.69 Å². The highest BCUT2D eigenvalue weighted by Crippen LogP contribution is 2.19. The first kappa shape index (κ1) is 14.2. The largest absolute Gasteiger partial charge is 0.343 e. The van der Waals surface area contributed by atoms with Gasteiger partial charge in [0, 0.05) is 18.0 Å². The monoisotopic (exact) mass is 333 g/mol. The molecule has 20 heavy (non-hydrogen) atoms. The second-order valence-corrected chi connectivity index (χ2v) is 4.81. The molecular weight excluding hydrogens is 322 g/mol. The number of aromatic nitrogens is 1. The van der Waals surface area contributed by atoms with Crippen LogP contribution in [0, 0.1) is 0 Å². The highest BCUT2D eigenvalue weighted by Gasteiger charge is 2.08. The standard InChI is InChI=1S/C14H12BrN3O2/c15-11-8-16-7-6-12(11)18-13(19)9-17-14(20)10-4-2-1-3-5-10/h1-8H,9H2,(H,17,20)(H,16,18,19). The summed E-state index contributed by atoms with van der Waals surface area (Å²) in [5.41, 5.74) is 1.13. The summed E-state index contributed by atoms with van der Waals surface area (Å²) in [6.45, 7) is -0.0948. The molecule has 0 radical (unpaired) electrons. The van der Waals surface area contributed by atoms with Crippen LogP contribution in [0.2, 0.25) is 0 Å². The molecule has 1 aromatic heterocycles. The number of halogens is 1. The zero-order chi connectivity index (χ0) is 14.4. The Bertz CT molecular complexity index is 617. The van der Waals surface area contributed by atoms with Crippen molar-refractivity contribution in [1.29, 1.82) is 0 Å². The van der Waals surface area contributed by atoms with Crippen LogP contribution < -0.4 is 10.6 Å². The first-order chi connectivity index (χ1) is 9.66. The molecule has 0 spiro atoms. The van der Waals surface area contributed by atoms with Crippen molar-refractivity contribution in [3.63, 3.8) is 0 Å². The summed E-state index contributed by atoms with van der Waals surface area (Å²) < 4.78 is 0.683. The van der Waals surface area contributed by atoms with Gasteiger partial charge in [-0.25, -0.2) is 0 Å². The summed E-state index contributed by atoms with van der Waals surface area (Å²) in [5, 5.41) is 5.23. The first-order valence-corrected chi connectivity index (χ1v) is 6.69. The maximum atomic E-state index is 11.8. The minimum atomic E-state index is -0.304. The van der Waals surface area contributed by atoms with E-state index in [0.717, 1.165) is 0 Å². The summed E-state index contributed by atoms with van der Waals surface area (Å²) in [6.07, 6.45) is 3.15. The molecule has 0 aliphatic carbocycles. The molecule has 0 fully saturated rings. The number of hydrogen-bond acceptors (Lipinski definition) is 3. The maximum absolute atomic E-state index is 11.8. The highest BCUT2D eigenvalue weighted by molar-refractivity contribution is 9.10. The summed E-state index contributed by atoms with van der Waals surface area (Å²) in [6, 6.07) is 10.4. The van der Waals surface area contributed by atoms with E-state index in [4.69, 9.17) is 0 Å². The predicted molar refractivity (Wildman–Crippen MR) is 79.3 cm³/mol. The van der Waals surface area contributed by atoms with Crippen molar-refractivity contribution in [2.75, 3.05) is 11.9 Å². The fourth-order valence-corrected chi connectivity index (χ4v) is 1.87. The van der Waals surface area contributed by atoms with Crippen LogP contribution >= 0.6 is 15.9 Å². The number of carbonyl (C=O) groups excluding carboxylic acids is 2. The minimum Gasteiger partial charge on any atom is -0.343 e. The number of benzene rings is 1. The van der Waals surface area contributed by atoms with Gasteiger partial charge in [-0.3, -0.25) is 14.6 Å². The lowest BCUT2D eigenvalue weighted by Gasteiger charge is -2.08. The number of rotatable bonds is 4. The van der Waals surface area contributed by atoms with Gasteiger partial charge in [-0.2, -0.15) is 0 Å². The normalized spacial score (nSPS) is 9.85. The molecule has 2 amide bonds. The zero-order valence-electron chi connectivity index (χ0n) is 10.5. The number of anilines is 1. The zero-order valence-corrected chi connectivity index (χ0v) is 12.1. The van der Waals surface area contributed by atoms with Crippen molar-refractivity contribution in [2.45, 2.75) is 0 Å². The van der Waals surface area contributed by atoms with Crippen LogP contribution in [0.15, 0.2) is 53.3 Å². The van der Waals surface area contributed by atoms with Crippen molar-refractivity contribution in [2.24, 2.45) is 0 Å². The third-order valence-electron chi connectivity index (χ3n) is 2.49. The molecule has 2 N–H and O–H groups in total. The van der Waals surface area contributed by atoms with Gasteiger partial charge in [0.05, 0.1) is 16.7 Å². The van der Waals surface area contributed by atoms with Crippen molar-refractivity contribution in [3.05, 3.63) is 58.8 Å². The third-order valence-corrected chi connectivity index (χ3v) is 3.12. The highest BCUT2D eigenvalue weighted by atomic mass is 79.9. The van der Waals surface area contributed by atoms with Gasteiger partial charge < -0.3 is 10.6 Å². The molecule has 0 unspecified atom stereocenters. The Morgan fingerprint density at radius 3 is 2.60 bits per heavy atom. The first-order valence-electron chi connectivity index (χ1n) is 5.89. The van der Waals surface area contributed by atoms with Crippen LogP contribution in [0.25, 0.3) is 0 Å². The smallest absolute Gasteiger partial charge is 0.251 e. The average Bonchev–Trinajstić information content (AvgIpc) is 2.48. The van der Waals surface area contributed by atoms with E-state index in [1.807, 2.05) is 6.07 Å². The predicted octanol–water partition coefficient (Wildman–Crippen LogP) is 2.21. The molecule has 0 aliphatic rings. The molecule has 2 aromatic rings. The summed E-state index contributed by atoms with van der Waals surface area (Å²) in [4.78, 5) is 27.4. The van der Waals surface area contributed by atoms with Gasteiger partial charge >= 0.3 is 0 Å². The number of nitrogens with one attached hydrogen (secondary N) is 2. The molecule has 102 valence electrons. The van der Waals surface area contributed by atoms with E-state index in [-0.39, 0.29) is 18.4 Å². The average molecular weight is 334 g/mol. The fraction of sp³-hybridized carbons (Fsp3) is 0.0714. The van der Waals surface area contributed by atoms with Gasteiger partial charge in [0.1, 0.15) is 0 Å². The van der Waals surface area contributed by atoms with Crippen LogP contribution in [0.1, 0.15) is 10.4 Å². The Balaban J connectivity index is 1.87. The second kappa shape index (κ2) is 6.81. The van der Waals surface area contributed by atoms with Crippen molar-refractivity contribution in [3.8, 4) is 0 Å². The number of amides is 2. The lowest BCUT2D eigenvalue weighted by Crippen LogP contribution is -2.32. The molecule has 5 nitrogen and oxygen atoms in total. The van der Waals surface area contributed by atoms with Gasteiger partial charge in [-0.1, -0.05) is 18.2 Å².